The van der Waals surface area contributed by atoms with Crippen molar-refractivity contribution < 1.29 is 9.90 Å². The molecule has 128 valence electrons. The van der Waals surface area contributed by atoms with Crippen LogP contribution in [0.3, 0.4) is 0 Å². The van der Waals surface area contributed by atoms with Gasteiger partial charge in [0.2, 0.25) is 5.91 Å². The third-order valence-electron chi connectivity index (χ3n) is 3.80. The number of aromatic nitrogens is 1. The smallest absolute Gasteiger partial charge is 0.254 e. The van der Waals surface area contributed by atoms with Gasteiger partial charge in [0.1, 0.15) is 5.75 Å². The molecular weight excluding hydrogens is 306 g/mol. The minimum Gasteiger partial charge on any atom is -0.508 e. The van der Waals surface area contributed by atoms with Crippen LogP contribution in [-0.4, -0.2) is 29.7 Å². The second kappa shape index (κ2) is 7.68. The number of aryl methyl sites for hydroxylation is 1. The fourth-order valence-electron chi connectivity index (χ4n) is 2.45. The van der Waals surface area contributed by atoms with E-state index in [0.717, 1.165) is 17.3 Å². The van der Waals surface area contributed by atoms with Crippen LogP contribution in [0.1, 0.15) is 17.7 Å². The molecule has 0 bridgehead atoms. The Bertz CT molecular complexity index is 781. The van der Waals surface area contributed by atoms with Gasteiger partial charge >= 0.3 is 0 Å². The Labute approximate surface area is 141 Å². The summed E-state index contributed by atoms with van der Waals surface area (Å²) in [5, 5.41) is 12.2. The van der Waals surface area contributed by atoms with E-state index in [1.807, 2.05) is 43.3 Å². The van der Waals surface area contributed by atoms with Crippen molar-refractivity contribution in [3.05, 3.63) is 58.0 Å². The Balaban J connectivity index is 1.90. The fourth-order valence-corrected chi connectivity index (χ4v) is 2.45. The number of anilines is 1. The monoisotopic (exact) mass is 329 g/mol. The highest BCUT2D eigenvalue weighted by molar-refractivity contribution is 5.75. The topological polar surface area (TPSA) is 74.6 Å². The summed E-state index contributed by atoms with van der Waals surface area (Å²) in [6.07, 6.45) is 0.207. The van der Waals surface area contributed by atoms with Crippen LogP contribution >= 0.6 is 0 Å². The summed E-state index contributed by atoms with van der Waals surface area (Å²) in [6, 6.07) is 10.6. The highest BCUT2D eigenvalue weighted by Gasteiger charge is 2.07. The van der Waals surface area contributed by atoms with E-state index in [0.29, 0.717) is 12.2 Å². The summed E-state index contributed by atoms with van der Waals surface area (Å²) in [4.78, 5) is 25.8. The van der Waals surface area contributed by atoms with Crippen molar-refractivity contribution >= 4 is 11.6 Å². The maximum absolute atomic E-state index is 12.0. The molecule has 1 aromatic heterocycles. The number of carbonyl (C=O) groups excluding carboxylic acids is 1. The summed E-state index contributed by atoms with van der Waals surface area (Å²) in [6.45, 7) is 2.46. The molecule has 2 N–H and O–H groups in total. The molecule has 1 amide bonds. The third kappa shape index (κ3) is 4.62. The molecule has 2 aromatic rings. The Morgan fingerprint density at radius 2 is 2.00 bits per heavy atom. The number of hydrogen-bond donors (Lipinski definition) is 2. The molecule has 2 rings (SSSR count). The molecule has 0 radical (unpaired) electrons. The maximum atomic E-state index is 12.0. The van der Waals surface area contributed by atoms with Crippen LogP contribution in [0.5, 0.6) is 5.75 Å². The van der Waals surface area contributed by atoms with E-state index in [9.17, 15) is 14.7 Å². The van der Waals surface area contributed by atoms with Gasteiger partial charge in [0.05, 0.1) is 0 Å². The number of rotatable bonds is 6. The molecule has 0 saturated heterocycles. The van der Waals surface area contributed by atoms with Gasteiger partial charge in [-0.1, -0.05) is 12.1 Å². The van der Waals surface area contributed by atoms with E-state index in [-0.39, 0.29) is 30.2 Å². The predicted molar refractivity (Wildman–Crippen MR) is 94.3 cm³/mol. The highest BCUT2D eigenvalue weighted by atomic mass is 16.3. The molecule has 0 fully saturated rings. The van der Waals surface area contributed by atoms with Gasteiger partial charge in [-0.2, -0.15) is 0 Å². The fraction of sp³-hybridized carbons (Fsp3) is 0.333. The SMILES string of the molecule is Cc1cc(O)cc(=O)n1CCC(=O)NCc1cccc(N(C)C)c1. The summed E-state index contributed by atoms with van der Waals surface area (Å²) in [5.41, 5.74) is 2.42. The van der Waals surface area contributed by atoms with Crippen molar-refractivity contribution in [1.29, 1.82) is 0 Å². The number of nitrogens with zero attached hydrogens (tertiary/aromatic N) is 2. The zero-order chi connectivity index (χ0) is 17.7. The molecule has 0 atom stereocenters. The molecule has 1 aromatic carbocycles. The van der Waals surface area contributed by atoms with E-state index in [2.05, 4.69) is 5.32 Å². The average molecular weight is 329 g/mol. The van der Waals surface area contributed by atoms with Gasteiger partial charge in [-0.3, -0.25) is 9.59 Å². The van der Waals surface area contributed by atoms with Crippen molar-refractivity contribution in [2.75, 3.05) is 19.0 Å². The Hall–Kier alpha value is -2.76. The molecular formula is C18H23N3O3. The van der Waals surface area contributed by atoms with Gasteiger partial charge in [0.25, 0.3) is 5.56 Å². The Kier molecular flexibility index (Phi) is 5.63. The lowest BCUT2D eigenvalue weighted by Crippen LogP contribution is -2.27. The molecule has 1 heterocycles. The van der Waals surface area contributed by atoms with Crippen molar-refractivity contribution in [2.24, 2.45) is 0 Å². The summed E-state index contributed by atoms with van der Waals surface area (Å²) < 4.78 is 1.48. The number of nitrogens with one attached hydrogen (secondary N) is 1. The van der Waals surface area contributed by atoms with Crippen LogP contribution in [0.15, 0.2) is 41.2 Å². The summed E-state index contributed by atoms with van der Waals surface area (Å²) in [5.74, 6) is -0.177. The van der Waals surface area contributed by atoms with Crippen LogP contribution in [-0.2, 0) is 17.9 Å². The number of hydrogen-bond acceptors (Lipinski definition) is 4. The Morgan fingerprint density at radius 3 is 2.67 bits per heavy atom. The van der Waals surface area contributed by atoms with E-state index in [4.69, 9.17) is 0 Å². The number of carbonyl (C=O) groups is 1. The second-order valence-corrected chi connectivity index (χ2v) is 5.94. The van der Waals surface area contributed by atoms with Gasteiger partial charge in [0.15, 0.2) is 0 Å². The van der Waals surface area contributed by atoms with Gasteiger partial charge in [-0.05, 0) is 30.7 Å². The van der Waals surface area contributed by atoms with Gasteiger partial charge < -0.3 is 19.9 Å². The minimum absolute atomic E-state index is 0.0565. The van der Waals surface area contributed by atoms with Crippen molar-refractivity contribution in [3.63, 3.8) is 0 Å². The number of aromatic hydroxyl groups is 1. The molecule has 0 aliphatic rings. The zero-order valence-electron chi connectivity index (χ0n) is 14.2. The quantitative estimate of drug-likeness (QED) is 0.845. The minimum atomic E-state index is -0.306. The van der Waals surface area contributed by atoms with E-state index < -0.39 is 0 Å². The Morgan fingerprint density at radius 1 is 1.25 bits per heavy atom. The molecule has 0 unspecified atom stereocenters. The molecule has 0 saturated carbocycles. The molecule has 0 aliphatic heterocycles. The van der Waals surface area contributed by atoms with Gasteiger partial charge in [-0.15, -0.1) is 0 Å². The van der Waals surface area contributed by atoms with Crippen LogP contribution in [0, 0.1) is 6.92 Å². The molecule has 24 heavy (non-hydrogen) atoms. The molecule has 0 aliphatic carbocycles. The second-order valence-electron chi connectivity index (χ2n) is 5.94. The first-order valence-corrected chi connectivity index (χ1v) is 7.80. The average Bonchev–Trinajstić information content (AvgIpc) is 2.52. The van der Waals surface area contributed by atoms with Crippen LogP contribution in [0.4, 0.5) is 5.69 Å². The first-order chi connectivity index (χ1) is 11.4. The normalized spacial score (nSPS) is 10.5. The van der Waals surface area contributed by atoms with Crippen molar-refractivity contribution in [3.8, 4) is 5.75 Å². The zero-order valence-corrected chi connectivity index (χ0v) is 14.2. The van der Waals surface area contributed by atoms with Gasteiger partial charge in [0, 0.05) is 51.1 Å². The maximum Gasteiger partial charge on any atom is 0.254 e. The van der Waals surface area contributed by atoms with Crippen LogP contribution in [0.25, 0.3) is 0 Å². The van der Waals surface area contributed by atoms with E-state index in [1.54, 1.807) is 6.92 Å². The molecule has 6 heteroatoms. The molecule has 0 spiro atoms. The van der Waals surface area contributed by atoms with Crippen molar-refractivity contribution in [2.45, 2.75) is 26.4 Å². The lowest BCUT2D eigenvalue weighted by Gasteiger charge is -2.14. The highest BCUT2D eigenvalue weighted by Crippen LogP contribution is 2.13. The lowest BCUT2D eigenvalue weighted by molar-refractivity contribution is -0.121. The van der Waals surface area contributed by atoms with E-state index in [1.165, 1.54) is 10.6 Å². The van der Waals surface area contributed by atoms with E-state index >= 15 is 0 Å². The first-order valence-electron chi connectivity index (χ1n) is 7.80. The predicted octanol–water partition coefficient (Wildman–Crippen LogP) is 1.63. The largest absolute Gasteiger partial charge is 0.508 e. The van der Waals surface area contributed by atoms with Crippen LogP contribution < -0.4 is 15.8 Å². The number of amides is 1. The summed E-state index contributed by atoms with van der Waals surface area (Å²) >= 11 is 0. The first kappa shape index (κ1) is 17.6. The lowest BCUT2D eigenvalue weighted by atomic mass is 10.2. The van der Waals surface area contributed by atoms with Crippen molar-refractivity contribution in [1.82, 2.24) is 9.88 Å². The van der Waals surface area contributed by atoms with Crippen LogP contribution in [0.2, 0.25) is 0 Å². The number of pyridine rings is 1. The third-order valence-corrected chi connectivity index (χ3v) is 3.80. The van der Waals surface area contributed by atoms with Gasteiger partial charge in [-0.25, -0.2) is 0 Å². The number of benzene rings is 1. The standard InChI is InChI=1S/C18H23N3O3/c1-13-9-16(22)11-18(24)21(13)8-7-17(23)19-12-14-5-4-6-15(10-14)20(2)3/h4-6,9-11,22H,7-8,12H2,1-3H3,(H,19,23). The molecule has 6 nitrogen and oxygen atoms in total. The summed E-state index contributed by atoms with van der Waals surface area (Å²) in [7, 11) is 3.94.